The Morgan fingerprint density at radius 3 is 2.94 bits per heavy atom. The van der Waals surface area contributed by atoms with Gasteiger partial charge in [0.15, 0.2) is 0 Å². The highest BCUT2D eigenvalue weighted by Crippen LogP contribution is 2.08. The lowest BCUT2D eigenvalue weighted by atomic mass is 10.0. The van der Waals surface area contributed by atoms with Crippen LogP contribution in [-0.2, 0) is 9.53 Å². The van der Waals surface area contributed by atoms with E-state index in [4.69, 9.17) is 22.7 Å². The number of amides is 1. The second-order valence-electron chi connectivity index (χ2n) is 4.74. The monoisotopic (exact) mass is 273 g/mol. The Morgan fingerprint density at radius 2 is 2.39 bits per heavy atom. The summed E-state index contributed by atoms with van der Waals surface area (Å²) >= 11 is 4.93. The normalized spacial score (nSPS) is 22.4. The molecule has 0 aromatic carbocycles. The molecule has 0 bridgehead atoms. The van der Waals surface area contributed by atoms with E-state index in [0.717, 1.165) is 19.5 Å². The van der Waals surface area contributed by atoms with Crippen molar-refractivity contribution in [1.29, 1.82) is 0 Å². The molecule has 0 aliphatic carbocycles. The predicted octanol–water partition coefficient (Wildman–Crippen LogP) is 0.136. The minimum absolute atomic E-state index is 0.0568. The van der Waals surface area contributed by atoms with Crippen molar-refractivity contribution in [3.05, 3.63) is 0 Å². The molecule has 1 aliphatic heterocycles. The molecule has 1 fully saturated rings. The first-order valence-electron chi connectivity index (χ1n) is 6.41. The lowest BCUT2D eigenvalue weighted by Gasteiger charge is -2.30. The molecule has 3 N–H and O–H groups in total. The Balaban J connectivity index is 2.36. The number of hydrogen-bond donors (Lipinski definition) is 2. The summed E-state index contributed by atoms with van der Waals surface area (Å²) < 4.78 is 5.58. The molecule has 18 heavy (non-hydrogen) atoms. The molecular formula is C12H23N3O2S. The van der Waals surface area contributed by atoms with Gasteiger partial charge in [0, 0.05) is 19.6 Å². The average Bonchev–Trinajstić information content (AvgIpc) is 2.32. The number of ether oxygens (including phenoxy) is 1. The Hall–Kier alpha value is -0.720. The second kappa shape index (κ2) is 7.66. The molecule has 6 heteroatoms. The molecule has 0 saturated carbocycles. The van der Waals surface area contributed by atoms with Crippen LogP contribution in [0.3, 0.4) is 0 Å². The van der Waals surface area contributed by atoms with Crippen molar-refractivity contribution < 1.29 is 9.53 Å². The summed E-state index contributed by atoms with van der Waals surface area (Å²) in [6.45, 7) is 5.02. The van der Waals surface area contributed by atoms with Crippen molar-refractivity contribution in [2.45, 2.75) is 25.9 Å². The summed E-state index contributed by atoms with van der Waals surface area (Å²) in [5.74, 6) is -0.438. The van der Waals surface area contributed by atoms with Crippen LogP contribution in [-0.4, -0.2) is 55.2 Å². The quantitative estimate of drug-likeness (QED) is 0.674. The van der Waals surface area contributed by atoms with Crippen molar-refractivity contribution >= 4 is 23.1 Å². The number of carbonyl (C=O) groups is 1. The van der Waals surface area contributed by atoms with Crippen LogP contribution < -0.4 is 11.1 Å². The Bertz CT molecular complexity index is 299. The fourth-order valence-electron chi connectivity index (χ4n) is 2.02. The molecule has 5 nitrogen and oxygen atoms in total. The van der Waals surface area contributed by atoms with Gasteiger partial charge in [-0.15, -0.1) is 0 Å². The third-order valence-corrected chi connectivity index (χ3v) is 3.37. The first-order valence-corrected chi connectivity index (χ1v) is 6.82. The van der Waals surface area contributed by atoms with Crippen LogP contribution in [0, 0.1) is 5.92 Å². The molecule has 2 unspecified atom stereocenters. The number of thiocarbonyl (C=S) groups is 1. The summed E-state index contributed by atoms with van der Waals surface area (Å²) in [6.07, 6.45) is 1.64. The number of nitrogens with one attached hydrogen (secondary N) is 1. The fourth-order valence-corrected chi connectivity index (χ4v) is 2.24. The van der Waals surface area contributed by atoms with E-state index in [1.807, 2.05) is 14.0 Å². The first-order chi connectivity index (χ1) is 8.54. The predicted molar refractivity (Wildman–Crippen MR) is 75.4 cm³/mol. The van der Waals surface area contributed by atoms with Gasteiger partial charge in [-0.2, -0.15) is 0 Å². The summed E-state index contributed by atoms with van der Waals surface area (Å²) in [5, 5.41) is 2.88. The van der Waals surface area contributed by atoms with Gasteiger partial charge >= 0.3 is 0 Å². The van der Waals surface area contributed by atoms with Gasteiger partial charge in [0.2, 0.25) is 5.91 Å². The number of nitrogens with zero attached hydrogens (tertiary/aromatic N) is 1. The SMILES string of the molecule is CCCC(C(=O)NCC1CN(C)CCO1)C(N)=S. The smallest absolute Gasteiger partial charge is 0.230 e. The molecule has 2 atom stereocenters. The van der Waals surface area contributed by atoms with E-state index in [-0.39, 0.29) is 22.9 Å². The maximum atomic E-state index is 12.0. The number of rotatable bonds is 6. The van der Waals surface area contributed by atoms with Gasteiger partial charge in [-0.25, -0.2) is 0 Å². The Kier molecular flexibility index (Phi) is 6.52. The van der Waals surface area contributed by atoms with Crippen molar-refractivity contribution in [2.75, 3.05) is 33.3 Å². The third kappa shape index (κ3) is 4.88. The molecule has 0 radical (unpaired) electrons. The molecule has 1 amide bonds. The summed E-state index contributed by atoms with van der Waals surface area (Å²) in [4.78, 5) is 14.4. The molecule has 0 aromatic heterocycles. The van der Waals surface area contributed by atoms with Gasteiger partial charge in [0.25, 0.3) is 0 Å². The zero-order valence-electron chi connectivity index (χ0n) is 11.1. The number of nitrogens with two attached hydrogens (primary N) is 1. The van der Waals surface area contributed by atoms with E-state index in [1.54, 1.807) is 0 Å². The highest BCUT2D eigenvalue weighted by molar-refractivity contribution is 7.80. The maximum absolute atomic E-state index is 12.0. The molecule has 0 spiro atoms. The van der Waals surface area contributed by atoms with E-state index in [1.165, 1.54) is 0 Å². The number of morpholine rings is 1. The first kappa shape index (κ1) is 15.3. The van der Waals surface area contributed by atoms with Crippen molar-refractivity contribution in [3.63, 3.8) is 0 Å². The van der Waals surface area contributed by atoms with E-state index < -0.39 is 0 Å². The fraction of sp³-hybridized carbons (Fsp3) is 0.833. The van der Waals surface area contributed by atoms with Crippen LogP contribution in [0.25, 0.3) is 0 Å². The molecule has 1 aliphatic rings. The maximum Gasteiger partial charge on any atom is 0.230 e. The summed E-state index contributed by atoms with van der Waals surface area (Å²) in [5.41, 5.74) is 5.59. The van der Waals surface area contributed by atoms with Crippen LogP contribution >= 0.6 is 12.2 Å². The van der Waals surface area contributed by atoms with Crippen LogP contribution in [0.4, 0.5) is 0 Å². The zero-order chi connectivity index (χ0) is 13.5. The highest BCUT2D eigenvalue weighted by atomic mass is 32.1. The molecule has 104 valence electrons. The Morgan fingerprint density at radius 1 is 1.67 bits per heavy atom. The van der Waals surface area contributed by atoms with E-state index >= 15 is 0 Å². The number of hydrogen-bond acceptors (Lipinski definition) is 4. The van der Waals surface area contributed by atoms with Crippen LogP contribution in [0.15, 0.2) is 0 Å². The van der Waals surface area contributed by atoms with Gasteiger partial charge in [-0.1, -0.05) is 25.6 Å². The van der Waals surface area contributed by atoms with Gasteiger partial charge in [0.05, 0.1) is 23.6 Å². The van der Waals surface area contributed by atoms with E-state index in [9.17, 15) is 4.79 Å². The van der Waals surface area contributed by atoms with Crippen LogP contribution in [0.5, 0.6) is 0 Å². The second-order valence-corrected chi connectivity index (χ2v) is 5.22. The third-order valence-electron chi connectivity index (χ3n) is 3.08. The van der Waals surface area contributed by atoms with Gasteiger partial charge in [-0.3, -0.25) is 4.79 Å². The lowest BCUT2D eigenvalue weighted by Crippen LogP contribution is -2.48. The number of carbonyl (C=O) groups excluding carboxylic acids is 1. The van der Waals surface area contributed by atoms with Gasteiger partial charge in [-0.05, 0) is 13.5 Å². The van der Waals surface area contributed by atoms with E-state index in [2.05, 4.69) is 10.2 Å². The summed E-state index contributed by atoms with van der Waals surface area (Å²) in [7, 11) is 2.05. The molecule has 1 rings (SSSR count). The Labute approximate surface area is 114 Å². The highest BCUT2D eigenvalue weighted by Gasteiger charge is 2.23. The largest absolute Gasteiger partial charge is 0.393 e. The van der Waals surface area contributed by atoms with E-state index in [0.29, 0.717) is 19.6 Å². The minimum atomic E-state index is -0.355. The molecule has 1 saturated heterocycles. The topological polar surface area (TPSA) is 67.6 Å². The van der Waals surface area contributed by atoms with Crippen LogP contribution in [0.1, 0.15) is 19.8 Å². The number of likely N-dealkylation sites (N-methyl/N-ethyl adjacent to an activating group) is 1. The van der Waals surface area contributed by atoms with Crippen molar-refractivity contribution in [1.82, 2.24) is 10.2 Å². The standard InChI is InChI=1S/C12H23N3O2S/c1-3-4-10(11(13)18)12(16)14-7-9-8-15(2)5-6-17-9/h9-10H,3-8H2,1-2H3,(H2,13,18)(H,14,16). The average molecular weight is 273 g/mol. The van der Waals surface area contributed by atoms with Gasteiger partial charge in [0.1, 0.15) is 0 Å². The van der Waals surface area contributed by atoms with Gasteiger partial charge < -0.3 is 20.7 Å². The summed E-state index contributed by atoms with van der Waals surface area (Å²) in [6, 6.07) is 0. The lowest BCUT2D eigenvalue weighted by molar-refractivity contribution is -0.124. The van der Waals surface area contributed by atoms with Crippen molar-refractivity contribution in [3.8, 4) is 0 Å². The van der Waals surface area contributed by atoms with Crippen molar-refractivity contribution in [2.24, 2.45) is 11.7 Å². The molecule has 1 heterocycles. The zero-order valence-corrected chi connectivity index (χ0v) is 12.0. The molecular weight excluding hydrogens is 250 g/mol. The van der Waals surface area contributed by atoms with Crippen LogP contribution in [0.2, 0.25) is 0 Å². The minimum Gasteiger partial charge on any atom is -0.393 e. The molecule has 0 aromatic rings.